The van der Waals surface area contributed by atoms with Crippen LogP contribution < -0.4 is 5.32 Å². The highest BCUT2D eigenvalue weighted by Crippen LogP contribution is 2.17. The molecule has 1 aliphatic heterocycles. The van der Waals surface area contributed by atoms with Crippen LogP contribution in [0.4, 0.5) is 0 Å². The van der Waals surface area contributed by atoms with Gasteiger partial charge in [-0.25, -0.2) is 0 Å². The molecule has 1 saturated heterocycles. The van der Waals surface area contributed by atoms with Crippen LogP contribution in [-0.2, 0) is 7.05 Å². The van der Waals surface area contributed by atoms with Crippen LogP contribution in [0, 0.1) is 5.92 Å². The lowest BCUT2D eigenvalue weighted by molar-refractivity contribution is 0.0753. The molecule has 4 nitrogen and oxygen atoms in total. The summed E-state index contributed by atoms with van der Waals surface area (Å²) in [4.78, 5) is 14.1. The Morgan fingerprint density at radius 3 is 2.78 bits per heavy atom. The lowest BCUT2D eigenvalue weighted by atomic mass is 9.97. The molecule has 1 aliphatic rings. The number of nitrogens with zero attached hydrogens (tertiary/aromatic N) is 2. The number of rotatable bonds is 3. The van der Waals surface area contributed by atoms with Gasteiger partial charge in [-0.15, -0.1) is 0 Å². The molecule has 1 amide bonds. The topological polar surface area (TPSA) is 37.3 Å². The molecule has 2 rings (SSSR count). The summed E-state index contributed by atoms with van der Waals surface area (Å²) >= 11 is 5.91. The van der Waals surface area contributed by atoms with Gasteiger partial charge in [0.25, 0.3) is 5.91 Å². The highest BCUT2D eigenvalue weighted by Gasteiger charge is 2.20. The number of halogens is 1. The van der Waals surface area contributed by atoms with Gasteiger partial charge in [-0.1, -0.05) is 11.6 Å². The maximum atomic E-state index is 12.3. The Kier molecular flexibility index (Phi) is 4.30. The van der Waals surface area contributed by atoms with Crippen molar-refractivity contribution in [3.05, 3.63) is 23.0 Å². The van der Waals surface area contributed by atoms with Crippen LogP contribution >= 0.6 is 11.6 Å². The lowest BCUT2D eigenvalue weighted by Crippen LogP contribution is -2.37. The SMILES string of the molecule is CN(CC1CCNCC1)C(=O)c1cc(Cl)cn1C. The van der Waals surface area contributed by atoms with E-state index in [4.69, 9.17) is 11.6 Å². The number of aryl methyl sites for hydroxylation is 1. The molecule has 1 aromatic rings. The Bertz CT molecular complexity index is 424. The van der Waals surface area contributed by atoms with Gasteiger partial charge in [-0.05, 0) is 37.9 Å². The summed E-state index contributed by atoms with van der Waals surface area (Å²) in [5, 5.41) is 3.94. The molecule has 0 spiro atoms. The Morgan fingerprint density at radius 1 is 1.56 bits per heavy atom. The van der Waals surface area contributed by atoms with E-state index >= 15 is 0 Å². The van der Waals surface area contributed by atoms with E-state index in [1.165, 1.54) is 0 Å². The molecule has 0 saturated carbocycles. The predicted octanol–water partition coefficient (Wildman–Crippen LogP) is 1.75. The quantitative estimate of drug-likeness (QED) is 0.908. The smallest absolute Gasteiger partial charge is 0.270 e. The van der Waals surface area contributed by atoms with Gasteiger partial charge in [-0.3, -0.25) is 4.79 Å². The van der Waals surface area contributed by atoms with E-state index in [-0.39, 0.29) is 5.91 Å². The van der Waals surface area contributed by atoms with Crippen molar-refractivity contribution in [2.75, 3.05) is 26.7 Å². The summed E-state index contributed by atoms with van der Waals surface area (Å²) in [6.07, 6.45) is 4.05. The second-order valence-electron chi connectivity index (χ2n) is 5.03. The number of hydrogen-bond donors (Lipinski definition) is 1. The molecule has 0 bridgehead atoms. The molecule has 18 heavy (non-hydrogen) atoms. The summed E-state index contributed by atoms with van der Waals surface area (Å²) in [5.41, 5.74) is 0.649. The Morgan fingerprint density at radius 2 is 2.22 bits per heavy atom. The highest BCUT2D eigenvalue weighted by molar-refractivity contribution is 6.31. The second kappa shape index (κ2) is 5.76. The zero-order valence-electron chi connectivity index (χ0n) is 10.9. The third-order valence-corrected chi connectivity index (χ3v) is 3.73. The molecular weight excluding hydrogens is 250 g/mol. The number of amides is 1. The minimum atomic E-state index is 0.0444. The summed E-state index contributed by atoms with van der Waals surface area (Å²) in [6, 6.07) is 1.73. The van der Waals surface area contributed by atoms with Gasteiger partial charge in [0.2, 0.25) is 0 Å². The van der Waals surface area contributed by atoms with Gasteiger partial charge in [0, 0.05) is 26.8 Å². The van der Waals surface area contributed by atoms with E-state index in [1.807, 2.05) is 19.0 Å². The summed E-state index contributed by atoms with van der Waals surface area (Å²) in [5.74, 6) is 0.652. The van der Waals surface area contributed by atoms with Gasteiger partial charge in [0.1, 0.15) is 5.69 Å². The Labute approximate surface area is 113 Å². The highest BCUT2D eigenvalue weighted by atomic mass is 35.5. The van der Waals surface area contributed by atoms with Gasteiger partial charge in [0.15, 0.2) is 0 Å². The fourth-order valence-electron chi connectivity index (χ4n) is 2.47. The van der Waals surface area contributed by atoms with E-state index < -0.39 is 0 Å². The van der Waals surface area contributed by atoms with Crippen LogP contribution in [0.5, 0.6) is 0 Å². The van der Waals surface area contributed by atoms with Crippen LogP contribution in [0.2, 0.25) is 5.02 Å². The number of carbonyl (C=O) groups is 1. The molecule has 5 heteroatoms. The Balaban J connectivity index is 1.97. The monoisotopic (exact) mass is 269 g/mol. The molecule has 0 radical (unpaired) electrons. The van der Waals surface area contributed by atoms with Gasteiger partial charge >= 0.3 is 0 Å². The van der Waals surface area contributed by atoms with Crippen LogP contribution in [0.3, 0.4) is 0 Å². The van der Waals surface area contributed by atoms with E-state index in [0.717, 1.165) is 32.5 Å². The number of nitrogens with one attached hydrogen (secondary N) is 1. The molecule has 1 aromatic heterocycles. The molecule has 0 atom stereocenters. The Hall–Kier alpha value is -1.00. The van der Waals surface area contributed by atoms with Crippen molar-refractivity contribution in [3.8, 4) is 0 Å². The average Bonchev–Trinajstić information content (AvgIpc) is 2.68. The van der Waals surface area contributed by atoms with Crippen molar-refractivity contribution >= 4 is 17.5 Å². The number of carbonyl (C=O) groups excluding carboxylic acids is 1. The second-order valence-corrected chi connectivity index (χ2v) is 5.47. The molecule has 1 fully saturated rings. The standard InChI is InChI=1S/C13H20ClN3O/c1-16-9-11(14)7-12(16)13(18)17(2)8-10-3-5-15-6-4-10/h7,9-10,15H,3-6,8H2,1-2H3. The van der Waals surface area contributed by atoms with Crippen molar-refractivity contribution in [1.82, 2.24) is 14.8 Å². The first-order chi connectivity index (χ1) is 8.58. The van der Waals surface area contributed by atoms with E-state index in [0.29, 0.717) is 16.6 Å². The summed E-state index contributed by atoms with van der Waals surface area (Å²) < 4.78 is 1.78. The number of aromatic nitrogens is 1. The van der Waals surface area contributed by atoms with Gasteiger partial charge in [0.05, 0.1) is 5.02 Å². The molecule has 1 N–H and O–H groups in total. The summed E-state index contributed by atoms with van der Waals surface area (Å²) in [7, 11) is 3.71. The average molecular weight is 270 g/mol. The largest absolute Gasteiger partial charge is 0.345 e. The fraction of sp³-hybridized carbons (Fsp3) is 0.615. The first-order valence-electron chi connectivity index (χ1n) is 6.36. The van der Waals surface area contributed by atoms with E-state index in [1.54, 1.807) is 16.8 Å². The number of hydrogen-bond acceptors (Lipinski definition) is 2. The maximum Gasteiger partial charge on any atom is 0.270 e. The van der Waals surface area contributed by atoms with E-state index in [9.17, 15) is 4.79 Å². The molecule has 0 unspecified atom stereocenters. The first kappa shape index (κ1) is 13.4. The normalized spacial score (nSPS) is 16.8. The summed E-state index contributed by atoms with van der Waals surface area (Å²) in [6.45, 7) is 2.94. The van der Waals surface area contributed by atoms with Crippen molar-refractivity contribution in [3.63, 3.8) is 0 Å². The number of piperidine rings is 1. The predicted molar refractivity (Wildman–Crippen MR) is 73.0 cm³/mol. The first-order valence-corrected chi connectivity index (χ1v) is 6.74. The lowest BCUT2D eigenvalue weighted by Gasteiger charge is -2.27. The van der Waals surface area contributed by atoms with Crippen molar-refractivity contribution in [1.29, 1.82) is 0 Å². The molecular formula is C13H20ClN3O. The van der Waals surface area contributed by atoms with Crippen LogP contribution in [0.15, 0.2) is 12.3 Å². The van der Waals surface area contributed by atoms with Crippen LogP contribution in [-0.4, -0.2) is 42.1 Å². The van der Waals surface area contributed by atoms with Crippen molar-refractivity contribution < 1.29 is 4.79 Å². The zero-order valence-corrected chi connectivity index (χ0v) is 11.7. The zero-order chi connectivity index (χ0) is 13.1. The molecule has 0 aromatic carbocycles. The molecule has 2 heterocycles. The molecule has 100 valence electrons. The van der Waals surface area contributed by atoms with E-state index in [2.05, 4.69) is 5.32 Å². The minimum Gasteiger partial charge on any atom is -0.345 e. The minimum absolute atomic E-state index is 0.0444. The van der Waals surface area contributed by atoms with Crippen molar-refractivity contribution in [2.45, 2.75) is 12.8 Å². The molecule has 0 aliphatic carbocycles. The maximum absolute atomic E-state index is 12.3. The third-order valence-electron chi connectivity index (χ3n) is 3.53. The fourth-order valence-corrected chi connectivity index (χ4v) is 2.72. The van der Waals surface area contributed by atoms with Gasteiger partial charge in [-0.2, -0.15) is 0 Å². The van der Waals surface area contributed by atoms with Crippen LogP contribution in [0.1, 0.15) is 23.3 Å². The third kappa shape index (κ3) is 3.06. The van der Waals surface area contributed by atoms with Crippen LogP contribution in [0.25, 0.3) is 0 Å². The van der Waals surface area contributed by atoms with Gasteiger partial charge < -0.3 is 14.8 Å². The van der Waals surface area contributed by atoms with Crippen molar-refractivity contribution in [2.24, 2.45) is 13.0 Å².